The Bertz CT molecular complexity index is 516. The first-order valence-electron chi connectivity index (χ1n) is 8.23. The highest BCUT2D eigenvalue weighted by atomic mass is 35.5. The van der Waals surface area contributed by atoms with Gasteiger partial charge in [0.05, 0.1) is 0 Å². The molecule has 4 nitrogen and oxygen atoms in total. The van der Waals surface area contributed by atoms with Crippen LogP contribution in [0.1, 0.15) is 52.5 Å². The Labute approximate surface area is 144 Å². The Morgan fingerprint density at radius 2 is 1.78 bits per heavy atom. The fourth-order valence-electron chi connectivity index (χ4n) is 2.19. The van der Waals surface area contributed by atoms with E-state index in [0.29, 0.717) is 18.0 Å². The van der Waals surface area contributed by atoms with Crippen molar-refractivity contribution in [3.63, 3.8) is 0 Å². The molecular formula is C18H27ClN2O2. The second-order valence-electron chi connectivity index (χ2n) is 5.89. The van der Waals surface area contributed by atoms with Crippen molar-refractivity contribution >= 4 is 23.4 Å². The van der Waals surface area contributed by atoms with Crippen LogP contribution in [0.2, 0.25) is 5.02 Å². The minimum absolute atomic E-state index is 0.00532. The smallest absolute Gasteiger partial charge is 0.242 e. The third kappa shape index (κ3) is 6.22. The Balaban J connectivity index is 2.88. The molecule has 1 rings (SSSR count). The number of carbonyl (C=O) groups is 2. The van der Waals surface area contributed by atoms with E-state index in [4.69, 9.17) is 11.6 Å². The SMILES string of the molecule is CCCC(=O)N(Cc1ccc(Cl)cc1)[C@H](C)C(=O)N[C@@H](C)CC. The molecule has 1 aromatic carbocycles. The van der Waals surface area contributed by atoms with Crippen LogP contribution >= 0.6 is 11.6 Å². The van der Waals surface area contributed by atoms with Crippen molar-refractivity contribution < 1.29 is 9.59 Å². The lowest BCUT2D eigenvalue weighted by Crippen LogP contribution is -2.49. The number of nitrogens with one attached hydrogen (secondary N) is 1. The van der Waals surface area contributed by atoms with Crippen molar-refractivity contribution in [1.29, 1.82) is 0 Å². The molecule has 0 spiro atoms. The predicted octanol–water partition coefficient (Wildman–Crippen LogP) is 3.77. The minimum atomic E-state index is -0.501. The number of hydrogen-bond donors (Lipinski definition) is 1. The van der Waals surface area contributed by atoms with Crippen LogP contribution in [0.4, 0.5) is 0 Å². The summed E-state index contributed by atoms with van der Waals surface area (Å²) in [7, 11) is 0. The lowest BCUT2D eigenvalue weighted by Gasteiger charge is -2.29. The van der Waals surface area contributed by atoms with Crippen LogP contribution in [0, 0.1) is 0 Å². The lowest BCUT2D eigenvalue weighted by molar-refractivity contribution is -0.140. The topological polar surface area (TPSA) is 49.4 Å². The zero-order chi connectivity index (χ0) is 17.4. The van der Waals surface area contributed by atoms with Gasteiger partial charge in [-0.15, -0.1) is 0 Å². The average Bonchev–Trinajstić information content (AvgIpc) is 2.53. The summed E-state index contributed by atoms with van der Waals surface area (Å²) in [6.07, 6.45) is 2.06. The molecule has 128 valence electrons. The van der Waals surface area contributed by atoms with Gasteiger partial charge in [0.2, 0.25) is 11.8 Å². The van der Waals surface area contributed by atoms with Crippen LogP contribution < -0.4 is 5.32 Å². The standard InChI is InChI=1S/C18H27ClN2O2/c1-5-7-17(22)21(12-15-8-10-16(19)11-9-15)14(4)18(23)20-13(3)6-2/h8-11,13-14H,5-7,12H2,1-4H3,(H,20,23)/t13-,14+/m0/s1. The van der Waals surface area contributed by atoms with E-state index in [9.17, 15) is 9.59 Å². The lowest BCUT2D eigenvalue weighted by atomic mass is 10.1. The van der Waals surface area contributed by atoms with Gasteiger partial charge in [-0.2, -0.15) is 0 Å². The largest absolute Gasteiger partial charge is 0.352 e. The van der Waals surface area contributed by atoms with Crippen molar-refractivity contribution in [2.75, 3.05) is 0 Å². The van der Waals surface area contributed by atoms with Gasteiger partial charge < -0.3 is 10.2 Å². The summed E-state index contributed by atoms with van der Waals surface area (Å²) in [5.74, 6) is -0.119. The first-order chi connectivity index (χ1) is 10.9. The molecule has 2 amide bonds. The van der Waals surface area contributed by atoms with Crippen molar-refractivity contribution in [2.24, 2.45) is 0 Å². The van der Waals surface area contributed by atoms with Gasteiger partial charge in [-0.25, -0.2) is 0 Å². The van der Waals surface area contributed by atoms with E-state index in [0.717, 1.165) is 18.4 Å². The molecule has 0 aromatic heterocycles. The molecule has 1 N–H and O–H groups in total. The van der Waals surface area contributed by atoms with E-state index in [2.05, 4.69) is 5.32 Å². The molecule has 0 bridgehead atoms. The van der Waals surface area contributed by atoms with Crippen LogP contribution in [0.5, 0.6) is 0 Å². The van der Waals surface area contributed by atoms with Gasteiger partial charge in [0.15, 0.2) is 0 Å². The van der Waals surface area contributed by atoms with E-state index in [1.165, 1.54) is 0 Å². The highest BCUT2D eigenvalue weighted by Crippen LogP contribution is 2.15. The molecule has 2 atom stereocenters. The van der Waals surface area contributed by atoms with Gasteiger partial charge in [0.25, 0.3) is 0 Å². The molecule has 0 fully saturated rings. The van der Waals surface area contributed by atoms with Gasteiger partial charge in [-0.3, -0.25) is 9.59 Å². The van der Waals surface area contributed by atoms with Crippen molar-refractivity contribution in [3.05, 3.63) is 34.9 Å². The van der Waals surface area contributed by atoms with Crippen LogP contribution in [0.25, 0.3) is 0 Å². The first kappa shape index (κ1) is 19.5. The summed E-state index contributed by atoms with van der Waals surface area (Å²) in [5, 5.41) is 3.60. The van der Waals surface area contributed by atoms with Crippen LogP contribution in [0.15, 0.2) is 24.3 Å². The normalized spacial score (nSPS) is 13.3. The van der Waals surface area contributed by atoms with Crippen molar-refractivity contribution in [2.45, 2.75) is 65.6 Å². The summed E-state index contributed by atoms with van der Waals surface area (Å²) in [6, 6.07) is 6.95. The fraction of sp³-hybridized carbons (Fsp3) is 0.556. The summed E-state index contributed by atoms with van der Waals surface area (Å²) >= 11 is 5.90. The number of nitrogens with zero attached hydrogens (tertiary/aromatic N) is 1. The van der Waals surface area contributed by atoms with Crippen LogP contribution in [-0.4, -0.2) is 28.8 Å². The van der Waals surface area contributed by atoms with Gasteiger partial charge >= 0.3 is 0 Å². The minimum Gasteiger partial charge on any atom is -0.352 e. The molecule has 0 aliphatic carbocycles. The summed E-state index contributed by atoms with van der Waals surface area (Å²) < 4.78 is 0. The average molecular weight is 339 g/mol. The maximum atomic E-state index is 12.4. The molecule has 23 heavy (non-hydrogen) atoms. The highest BCUT2D eigenvalue weighted by molar-refractivity contribution is 6.30. The number of benzene rings is 1. The molecular weight excluding hydrogens is 312 g/mol. The van der Waals surface area contributed by atoms with E-state index < -0.39 is 6.04 Å². The Morgan fingerprint density at radius 3 is 2.30 bits per heavy atom. The fourth-order valence-corrected chi connectivity index (χ4v) is 2.32. The number of halogens is 1. The zero-order valence-corrected chi connectivity index (χ0v) is 15.2. The highest BCUT2D eigenvalue weighted by Gasteiger charge is 2.26. The number of rotatable bonds is 8. The number of hydrogen-bond acceptors (Lipinski definition) is 2. The van der Waals surface area contributed by atoms with E-state index in [1.807, 2.05) is 32.9 Å². The molecule has 0 aliphatic rings. The number of carbonyl (C=O) groups excluding carboxylic acids is 2. The molecule has 5 heteroatoms. The molecule has 0 heterocycles. The van der Waals surface area contributed by atoms with Crippen molar-refractivity contribution in [1.82, 2.24) is 10.2 Å². The van der Waals surface area contributed by atoms with Crippen LogP contribution in [0.3, 0.4) is 0 Å². The molecule has 1 aromatic rings. The maximum Gasteiger partial charge on any atom is 0.242 e. The predicted molar refractivity (Wildman–Crippen MR) is 94.3 cm³/mol. The monoisotopic (exact) mass is 338 g/mol. The number of amides is 2. The van der Waals surface area contributed by atoms with E-state index >= 15 is 0 Å². The summed E-state index contributed by atoms with van der Waals surface area (Å²) in [5.41, 5.74) is 0.960. The molecule has 0 radical (unpaired) electrons. The van der Waals surface area contributed by atoms with Gasteiger partial charge in [-0.1, -0.05) is 37.6 Å². The second kappa shape index (κ2) is 9.56. The second-order valence-corrected chi connectivity index (χ2v) is 6.33. The van der Waals surface area contributed by atoms with E-state index in [-0.39, 0.29) is 17.9 Å². The molecule has 0 saturated carbocycles. The van der Waals surface area contributed by atoms with Crippen LogP contribution in [-0.2, 0) is 16.1 Å². The van der Waals surface area contributed by atoms with Gasteiger partial charge in [0, 0.05) is 24.0 Å². The third-order valence-electron chi connectivity index (χ3n) is 3.90. The first-order valence-corrected chi connectivity index (χ1v) is 8.61. The van der Waals surface area contributed by atoms with Gasteiger partial charge in [0.1, 0.15) is 6.04 Å². The quantitative estimate of drug-likeness (QED) is 0.784. The Hall–Kier alpha value is -1.55. The molecule has 0 saturated heterocycles. The molecule has 0 aliphatic heterocycles. The Morgan fingerprint density at radius 1 is 1.17 bits per heavy atom. The summed E-state index contributed by atoms with van der Waals surface area (Å²) in [4.78, 5) is 26.5. The Kier molecular flexibility index (Phi) is 8.10. The zero-order valence-electron chi connectivity index (χ0n) is 14.4. The maximum absolute atomic E-state index is 12.4. The van der Waals surface area contributed by atoms with Gasteiger partial charge in [-0.05, 0) is 44.4 Å². The third-order valence-corrected chi connectivity index (χ3v) is 4.15. The van der Waals surface area contributed by atoms with Crippen molar-refractivity contribution in [3.8, 4) is 0 Å². The summed E-state index contributed by atoms with van der Waals surface area (Å²) in [6.45, 7) is 8.12. The molecule has 0 unspecified atom stereocenters. The van der Waals surface area contributed by atoms with E-state index in [1.54, 1.807) is 24.0 Å².